The number of nitrogens with zero attached hydrogens (tertiary/aromatic N) is 3. The number of benzene rings is 1. The molecule has 1 aliphatic rings. The highest BCUT2D eigenvalue weighted by Crippen LogP contribution is 2.20. The van der Waals surface area contributed by atoms with Gasteiger partial charge in [-0.15, -0.1) is 12.4 Å². The van der Waals surface area contributed by atoms with Crippen LogP contribution in [-0.4, -0.2) is 41.6 Å². The first kappa shape index (κ1) is 17.9. The van der Waals surface area contributed by atoms with Gasteiger partial charge >= 0.3 is 0 Å². The van der Waals surface area contributed by atoms with Crippen LogP contribution in [0, 0.1) is 0 Å². The molecule has 0 radical (unpaired) electrons. The van der Waals surface area contributed by atoms with Gasteiger partial charge in [0, 0.05) is 25.3 Å². The predicted octanol–water partition coefficient (Wildman–Crippen LogP) is 1.46. The van der Waals surface area contributed by atoms with E-state index in [1.165, 1.54) is 10.5 Å². The molecule has 1 aliphatic heterocycles. The molecule has 0 aliphatic carbocycles. The Morgan fingerprint density at radius 2 is 1.83 bits per heavy atom. The summed E-state index contributed by atoms with van der Waals surface area (Å²) in [4.78, 5) is 0.249. The standard InChI is InChI=1S/C15H20N4O2S.ClH/c16-14-6-8-19(9-7-14)22(20,21)15-10-17-18(12-15)11-13-4-2-1-3-5-13;/h1-5,10,12,14H,6-9,11,16H2;1H. The monoisotopic (exact) mass is 356 g/mol. The molecule has 1 aromatic heterocycles. The van der Waals surface area contributed by atoms with E-state index >= 15 is 0 Å². The third-order valence-electron chi connectivity index (χ3n) is 3.93. The maximum Gasteiger partial charge on any atom is 0.246 e. The lowest BCUT2D eigenvalue weighted by Crippen LogP contribution is -2.42. The summed E-state index contributed by atoms with van der Waals surface area (Å²) < 4.78 is 28.3. The molecular formula is C15H21ClN4O2S. The maximum absolute atomic E-state index is 12.6. The number of rotatable bonds is 4. The quantitative estimate of drug-likeness (QED) is 0.899. The molecule has 126 valence electrons. The van der Waals surface area contributed by atoms with E-state index in [1.807, 2.05) is 30.3 Å². The van der Waals surface area contributed by atoms with Gasteiger partial charge in [0.2, 0.25) is 10.0 Å². The first-order valence-corrected chi connectivity index (χ1v) is 8.82. The largest absolute Gasteiger partial charge is 0.328 e. The van der Waals surface area contributed by atoms with Crippen LogP contribution in [0.15, 0.2) is 47.6 Å². The van der Waals surface area contributed by atoms with Gasteiger partial charge in [0.25, 0.3) is 0 Å². The number of halogens is 1. The van der Waals surface area contributed by atoms with Gasteiger partial charge in [-0.05, 0) is 18.4 Å². The van der Waals surface area contributed by atoms with Gasteiger partial charge in [-0.25, -0.2) is 8.42 Å². The molecule has 0 amide bonds. The Morgan fingerprint density at radius 3 is 2.48 bits per heavy atom. The lowest BCUT2D eigenvalue weighted by Gasteiger charge is -2.28. The van der Waals surface area contributed by atoms with Gasteiger partial charge in [0.05, 0.1) is 12.7 Å². The number of hydrogen-bond donors (Lipinski definition) is 1. The molecule has 6 nitrogen and oxygen atoms in total. The number of hydrogen-bond acceptors (Lipinski definition) is 4. The molecule has 3 rings (SSSR count). The number of sulfonamides is 1. The van der Waals surface area contributed by atoms with E-state index < -0.39 is 10.0 Å². The van der Waals surface area contributed by atoms with Gasteiger partial charge in [-0.1, -0.05) is 30.3 Å². The molecule has 2 aromatic rings. The van der Waals surface area contributed by atoms with Crippen molar-refractivity contribution >= 4 is 22.4 Å². The van der Waals surface area contributed by atoms with E-state index in [1.54, 1.807) is 10.9 Å². The zero-order valence-electron chi connectivity index (χ0n) is 12.7. The van der Waals surface area contributed by atoms with Crippen LogP contribution >= 0.6 is 12.4 Å². The average molecular weight is 357 g/mol. The molecule has 0 bridgehead atoms. The molecule has 0 atom stereocenters. The highest BCUT2D eigenvalue weighted by molar-refractivity contribution is 7.89. The minimum absolute atomic E-state index is 0. The fourth-order valence-corrected chi connectivity index (χ4v) is 4.02. The summed E-state index contributed by atoms with van der Waals surface area (Å²) in [5.41, 5.74) is 6.91. The fourth-order valence-electron chi connectivity index (χ4n) is 2.60. The molecular weight excluding hydrogens is 336 g/mol. The number of nitrogens with two attached hydrogens (primary N) is 1. The minimum Gasteiger partial charge on any atom is -0.328 e. The van der Waals surface area contributed by atoms with Crippen molar-refractivity contribution in [1.82, 2.24) is 14.1 Å². The Balaban J connectivity index is 0.00000192. The van der Waals surface area contributed by atoms with Crippen LogP contribution in [0.2, 0.25) is 0 Å². The van der Waals surface area contributed by atoms with Crippen LogP contribution in [0.1, 0.15) is 18.4 Å². The number of aromatic nitrogens is 2. The second-order valence-corrected chi connectivity index (χ2v) is 7.54. The van der Waals surface area contributed by atoms with Crippen LogP contribution in [0.5, 0.6) is 0 Å². The SMILES string of the molecule is Cl.NC1CCN(S(=O)(=O)c2cnn(Cc3ccccc3)c2)CC1. The third kappa shape index (κ3) is 4.11. The van der Waals surface area contributed by atoms with Crippen LogP contribution < -0.4 is 5.73 Å². The van der Waals surface area contributed by atoms with Crippen LogP contribution in [0.3, 0.4) is 0 Å². The van der Waals surface area contributed by atoms with Crippen molar-refractivity contribution in [2.45, 2.75) is 30.3 Å². The van der Waals surface area contributed by atoms with Crippen LogP contribution in [0.25, 0.3) is 0 Å². The Morgan fingerprint density at radius 1 is 1.17 bits per heavy atom. The van der Waals surface area contributed by atoms with E-state index in [2.05, 4.69) is 5.10 Å². The molecule has 0 unspecified atom stereocenters. The first-order chi connectivity index (χ1) is 10.6. The van der Waals surface area contributed by atoms with E-state index in [0.717, 1.165) is 5.56 Å². The second-order valence-electron chi connectivity index (χ2n) is 5.60. The van der Waals surface area contributed by atoms with Crippen molar-refractivity contribution in [2.75, 3.05) is 13.1 Å². The zero-order valence-corrected chi connectivity index (χ0v) is 14.3. The molecule has 0 spiro atoms. The predicted molar refractivity (Wildman–Crippen MR) is 91.0 cm³/mol. The van der Waals surface area contributed by atoms with Crippen molar-refractivity contribution in [3.63, 3.8) is 0 Å². The topological polar surface area (TPSA) is 81.2 Å². The summed E-state index contributed by atoms with van der Waals surface area (Å²) in [5.74, 6) is 0. The van der Waals surface area contributed by atoms with Crippen LogP contribution in [0.4, 0.5) is 0 Å². The fraction of sp³-hybridized carbons (Fsp3) is 0.400. The summed E-state index contributed by atoms with van der Waals surface area (Å²) in [7, 11) is -3.46. The summed E-state index contributed by atoms with van der Waals surface area (Å²) in [6.45, 7) is 1.52. The Hall–Kier alpha value is -1.41. The maximum atomic E-state index is 12.6. The minimum atomic E-state index is -3.46. The highest BCUT2D eigenvalue weighted by atomic mass is 35.5. The van der Waals surface area contributed by atoms with Gasteiger partial charge in [0.1, 0.15) is 4.90 Å². The van der Waals surface area contributed by atoms with Crippen molar-refractivity contribution in [3.05, 3.63) is 48.3 Å². The summed E-state index contributed by atoms with van der Waals surface area (Å²) >= 11 is 0. The summed E-state index contributed by atoms with van der Waals surface area (Å²) in [5, 5.41) is 4.17. The number of piperidine rings is 1. The van der Waals surface area contributed by atoms with E-state index in [0.29, 0.717) is 32.5 Å². The summed E-state index contributed by atoms with van der Waals surface area (Å²) in [6, 6.07) is 9.93. The molecule has 1 aromatic carbocycles. The highest BCUT2D eigenvalue weighted by Gasteiger charge is 2.29. The van der Waals surface area contributed by atoms with Crippen molar-refractivity contribution in [1.29, 1.82) is 0 Å². The average Bonchev–Trinajstić information content (AvgIpc) is 2.98. The first-order valence-electron chi connectivity index (χ1n) is 7.38. The van der Waals surface area contributed by atoms with Gasteiger partial charge in [0.15, 0.2) is 0 Å². The summed E-state index contributed by atoms with van der Waals surface area (Å²) in [6.07, 6.45) is 4.43. The van der Waals surface area contributed by atoms with Crippen molar-refractivity contribution in [2.24, 2.45) is 5.73 Å². The van der Waals surface area contributed by atoms with Gasteiger partial charge in [-0.3, -0.25) is 4.68 Å². The lowest BCUT2D eigenvalue weighted by atomic mass is 10.1. The molecule has 1 fully saturated rings. The Labute approximate surface area is 142 Å². The van der Waals surface area contributed by atoms with E-state index in [-0.39, 0.29) is 23.3 Å². The third-order valence-corrected chi connectivity index (χ3v) is 5.78. The van der Waals surface area contributed by atoms with Crippen molar-refractivity contribution < 1.29 is 8.42 Å². The smallest absolute Gasteiger partial charge is 0.246 e. The van der Waals surface area contributed by atoms with Gasteiger partial charge < -0.3 is 5.73 Å². The van der Waals surface area contributed by atoms with Crippen LogP contribution in [-0.2, 0) is 16.6 Å². The van der Waals surface area contributed by atoms with E-state index in [4.69, 9.17) is 5.73 Å². The van der Waals surface area contributed by atoms with Crippen molar-refractivity contribution in [3.8, 4) is 0 Å². The zero-order chi connectivity index (χ0) is 15.6. The van der Waals surface area contributed by atoms with E-state index in [9.17, 15) is 8.42 Å². The molecule has 8 heteroatoms. The normalized spacial score (nSPS) is 16.9. The molecule has 2 heterocycles. The lowest BCUT2D eigenvalue weighted by molar-refractivity contribution is 0.320. The molecule has 1 saturated heterocycles. The molecule has 23 heavy (non-hydrogen) atoms. The Kier molecular flexibility index (Phi) is 5.80. The molecule has 2 N–H and O–H groups in total. The Bertz CT molecular complexity index is 725. The molecule has 0 saturated carbocycles. The van der Waals surface area contributed by atoms with Gasteiger partial charge in [-0.2, -0.15) is 9.40 Å². The second kappa shape index (κ2) is 7.44.